The van der Waals surface area contributed by atoms with E-state index >= 15 is 0 Å². The summed E-state index contributed by atoms with van der Waals surface area (Å²) in [6.45, 7) is 1.74. The standard InChI is InChI=1S/C16H17N5O3/c1-24-12-4-2-3-11(5-12)20-8-14-13(20)9-21(14)16-17-6-10(7-18-16)15(22)19-23/h2-7,13-14,23H,8-9H2,1H3,(H,19,22)/t13?,14-/m1/s1. The number of amides is 1. The van der Waals surface area contributed by atoms with Gasteiger partial charge in [-0.2, -0.15) is 0 Å². The van der Waals surface area contributed by atoms with Gasteiger partial charge in [0, 0.05) is 37.2 Å². The first-order valence-corrected chi connectivity index (χ1v) is 7.65. The van der Waals surface area contributed by atoms with E-state index in [-0.39, 0.29) is 5.56 Å². The zero-order valence-corrected chi connectivity index (χ0v) is 13.1. The number of benzene rings is 1. The van der Waals surface area contributed by atoms with Crippen molar-refractivity contribution in [1.82, 2.24) is 15.4 Å². The molecule has 3 heterocycles. The molecule has 0 spiro atoms. The van der Waals surface area contributed by atoms with Crippen molar-refractivity contribution in [3.8, 4) is 5.75 Å². The van der Waals surface area contributed by atoms with Gasteiger partial charge in [-0.3, -0.25) is 10.0 Å². The van der Waals surface area contributed by atoms with Gasteiger partial charge >= 0.3 is 0 Å². The highest BCUT2D eigenvalue weighted by molar-refractivity contribution is 5.92. The molecular weight excluding hydrogens is 310 g/mol. The summed E-state index contributed by atoms with van der Waals surface area (Å²) in [6.07, 6.45) is 2.83. The SMILES string of the molecule is COc1cccc(N2C[C@@H]3C2CN3c2ncc(C(=O)NO)cn2)c1. The van der Waals surface area contributed by atoms with E-state index in [1.165, 1.54) is 12.4 Å². The molecule has 1 amide bonds. The maximum absolute atomic E-state index is 11.3. The first kappa shape index (κ1) is 14.7. The zero-order chi connectivity index (χ0) is 16.7. The quantitative estimate of drug-likeness (QED) is 0.630. The van der Waals surface area contributed by atoms with Crippen molar-refractivity contribution in [2.45, 2.75) is 12.1 Å². The summed E-state index contributed by atoms with van der Waals surface area (Å²) in [7, 11) is 1.67. The number of hydrogen-bond donors (Lipinski definition) is 2. The van der Waals surface area contributed by atoms with E-state index in [1.54, 1.807) is 12.6 Å². The molecule has 2 aliphatic heterocycles. The van der Waals surface area contributed by atoms with Gasteiger partial charge in [0.05, 0.1) is 24.8 Å². The number of piperazine rings is 1. The molecule has 2 aliphatic rings. The molecule has 124 valence electrons. The van der Waals surface area contributed by atoms with Crippen molar-refractivity contribution in [3.05, 3.63) is 42.2 Å². The van der Waals surface area contributed by atoms with Gasteiger partial charge in [-0.1, -0.05) is 6.07 Å². The third kappa shape index (κ3) is 2.23. The Morgan fingerprint density at radius 3 is 2.58 bits per heavy atom. The van der Waals surface area contributed by atoms with Gasteiger partial charge in [0.1, 0.15) is 5.75 Å². The fourth-order valence-corrected chi connectivity index (χ4v) is 3.22. The van der Waals surface area contributed by atoms with Crippen LogP contribution in [-0.2, 0) is 0 Å². The summed E-state index contributed by atoms with van der Waals surface area (Å²) in [4.78, 5) is 24.2. The molecule has 0 aliphatic carbocycles. The molecule has 24 heavy (non-hydrogen) atoms. The average molecular weight is 327 g/mol. The van der Waals surface area contributed by atoms with E-state index < -0.39 is 5.91 Å². The molecule has 4 rings (SSSR count). The van der Waals surface area contributed by atoms with E-state index in [0.29, 0.717) is 18.0 Å². The fraction of sp³-hybridized carbons (Fsp3) is 0.312. The van der Waals surface area contributed by atoms with Crippen LogP contribution in [0.2, 0.25) is 0 Å². The van der Waals surface area contributed by atoms with Crippen LogP contribution in [0.15, 0.2) is 36.7 Å². The Morgan fingerprint density at radius 1 is 1.25 bits per heavy atom. The molecular formula is C16H17N5O3. The second kappa shape index (κ2) is 5.64. The summed E-state index contributed by atoms with van der Waals surface area (Å²) in [5, 5.41) is 8.60. The molecule has 8 nitrogen and oxygen atoms in total. The minimum atomic E-state index is -0.615. The van der Waals surface area contributed by atoms with Gasteiger partial charge in [-0.25, -0.2) is 15.4 Å². The predicted octanol–water partition coefficient (Wildman–Crippen LogP) is 0.682. The Kier molecular flexibility index (Phi) is 3.46. The van der Waals surface area contributed by atoms with Crippen LogP contribution >= 0.6 is 0 Å². The molecule has 2 aromatic rings. The Labute approximate surface area is 138 Å². The van der Waals surface area contributed by atoms with Crippen LogP contribution in [0.3, 0.4) is 0 Å². The molecule has 1 aromatic heterocycles. The summed E-state index contributed by atoms with van der Waals surface area (Å²) in [5.74, 6) is 0.847. The zero-order valence-electron chi connectivity index (χ0n) is 13.1. The number of fused-ring (bicyclic) bond motifs is 1. The number of carbonyl (C=O) groups excluding carboxylic acids is 1. The number of carbonyl (C=O) groups is 1. The first-order valence-electron chi connectivity index (χ1n) is 7.65. The number of nitrogens with one attached hydrogen (secondary N) is 1. The molecule has 1 aromatic carbocycles. The number of hydroxylamine groups is 1. The van der Waals surface area contributed by atoms with Crippen molar-refractivity contribution in [2.24, 2.45) is 0 Å². The van der Waals surface area contributed by atoms with Gasteiger partial charge in [0.2, 0.25) is 5.95 Å². The van der Waals surface area contributed by atoms with Crippen LogP contribution in [0.25, 0.3) is 0 Å². The molecule has 0 bridgehead atoms. The second-order valence-corrected chi connectivity index (χ2v) is 5.85. The lowest BCUT2D eigenvalue weighted by Crippen LogP contribution is -2.79. The molecule has 8 heteroatoms. The predicted molar refractivity (Wildman–Crippen MR) is 86.5 cm³/mol. The van der Waals surface area contributed by atoms with Gasteiger partial charge in [-0.05, 0) is 12.1 Å². The number of nitrogens with zero attached hydrogens (tertiary/aromatic N) is 4. The van der Waals surface area contributed by atoms with Crippen LogP contribution in [-0.4, -0.2) is 53.4 Å². The molecule has 1 unspecified atom stereocenters. The van der Waals surface area contributed by atoms with Crippen molar-refractivity contribution < 1.29 is 14.7 Å². The molecule has 0 radical (unpaired) electrons. The summed E-state index contributed by atoms with van der Waals surface area (Å²) in [5.41, 5.74) is 2.95. The van der Waals surface area contributed by atoms with Crippen molar-refractivity contribution in [2.75, 3.05) is 30.0 Å². The van der Waals surface area contributed by atoms with E-state index in [9.17, 15) is 4.79 Å². The van der Waals surface area contributed by atoms with Crippen molar-refractivity contribution in [1.29, 1.82) is 0 Å². The lowest BCUT2D eigenvalue weighted by Gasteiger charge is -2.62. The Morgan fingerprint density at radius 2 is 1.96 bits per heavy atom. The molecule has 2 saturated heterocycles. The molecule has 2 fully saturated rings. The minimum absolute atomic E-state index is 0.227. The monoisotopic (exact) mass is 327 g/mol. The normalized spacial score (nSPS) is 21.4. The number of ether oxygens (including phenoxy) is 1. The van der Waals surface area contributed by atoms with Crippen LogP contribution in [0.1, 0.15) is 10.4 Å². The van der Waals surface area contributed by atoms with Gasteiger partial charge in [0.15, 0.2) is 0 Å². The van der Waals surface area contributed by atoms with Gasteiger partial charge in [0.25, 0.3) is 5.91 Å². The van der Waals surface area contributed by atoms with Gasteiger partial charge in [-0.15, -0.1) is 0 Å². The highest BCUT2D eigenvalue weighted by atomic mass is 16.5. The number of hydrogen-bond acceptors (Lipinski definition) is 7. The topological polar surface area (TPSA) is 90.8 Å². The summed E-state index contributed by atoms with van der Waals surface area (Å²) < 4.78 is 5.28. The van der Waals surface area contributed by atoms with Crippen molar-refractivity contribution >= 4 is 17.5 Å². The minimum Gasteiger partial charge on any atom is -0.497 e. The fourth-order valence-electron chi connectivity index (χ4n) is 3.22. The summed E-state index contributed by atoms with van der Waals surface area (Å²) in [6, 6.07) is 8.88. The lowest BCUT2D eigenvalue weighted by molar-refractivity contribution is 0.0705. The molecule has 2 N–H and O–H groups in total. The Balaban J connectivity index is 1.42. The Bertz CT molecular complexity index is 767. The van der Waals surface area contributed by atoms with E-state index in [0.717, 1.165) is 24.5 Å². The number of anilines is 2. The van der Waals surface area contributed by atoms with E-state index in [4.69, 9.17) is 9.94 Å². The van der Waals surface area contributed by atoms with Crippen LogP contribution in [0.5, 0.6) is 5.75 Å². The number of rotatable bonds is 4. The smallest absolute Gasteiger partial charge is 0.277 e. The third-order valence-electron chi connectivity index (χ3n) is 4.66. The highest BCUT2D eigenvalue weighted by Crippen LogP contribution is 2.39. The van der Waals surface area contributed by atoms with Crippen molar-refractivity contribution in [3.63, 3.8) is 0 Å². The van der Waals surface area contributed by atoms with E-state index in [2.05, 4.69) is 25.8 Å². The number of aromatic nitrogens is 2. The lowest BCUT2D eigenvalue weighted by atomic mass is 9.85. The third-order valence-corrected chi connectivity index (χ3v) is 4.66. The average Bonchev–Trinajstić information content (AvgIpc) is 2.63. The van der Waals surface area contributed by atoms with Crippen LogP contribution in [0.4, 0.5) is 11.6 Å². The largest absolute Gasteiger partial charge is 0.497 e. The molecule has 2 atom stereocenters. The maximum Gasteiger partial charge on any atom is 0.277 e. The molecule has 0 saturated carbocycles. The van der Waals surface area contributed by atoms with Crippen LogP contribution < -0.4 is 20.0 Å². The van der Waals surface area contributed by atoms with Crippen LogP contribution in [0, 0.1) is 0 Å². The Hall–Kier alpha value is -2.87. The maximum atomic E-state index is 11.3. The highest BCUT2D eigenvalue weighted by Gasteiger charge is 2.52. The first-order chi connectivity index (χ1) is 11.7. The van der Waals surface area contributed by atoms with Gasteiger partial charge < -0.3 is 14.5 Å². The van der Waals surface area contributed by atoms with E-state index in [1.807, 2.05) is 18.2 Å². The second-order valence-electron chi connectivity index (χ2n) is 5.85. The summed E-state index contributed by atoms with van der Waals surface area (Å²) >= 11 is 0. The number of methoxy groups -OCH3 is 1.